The molecule has 0 saturated carbocycles. The first-order chi connectivity index (χ1) is 5.88. The van der Waals surface area contributed by atoms with Gasteiger partial charge in [0.05, 0.1) is 5.69 Å². The van der Waals surface area contributed by atoms with Gasteiger partial charge in [0.15, 0.2) is 0 Å². The average Bonchev–Trinajstić information content (AvgIpc) is 1.94. The molecule has 0 aromatic heterocycles. The number of hydrogen-bond acceptors (Lipinski definition) is 2. The lowest BCUT2D eigenvalue weighted by Crippen LogP contribution is -2.22. The van der Waals surface area contributed by atoms with E-state index in [4.69, 9.17) is 5.14 Å². The van der Waals surface area contributed by atoms with E-state index in [1.165, 1.54) is 0 Å². The van der Waals surface area contributed by atoms with Gasteiger partial charge in [-0.15, -0.1) is 0 Å². The molecule has 0 heterocycles. The van der Waals surface area contributed by atoms with E-state index >= 15 is 0 Å². The highest BCUT2D eigenvalue weighted by molar-refractivity contribution is 9.10. The molecule has 0 atom stereocenters. The molecule has 1 aromatic carbocycles. The first-order valence-electron chi connectivity index (χ1n) is 3.45. The minimum Gasteiger partial charge on any atom is -0.271 e. The number of anilines is 1. The van der Waals surface area contributed by atoms with Gasteiger partial charge in [0.25, 0.3) is 10.2 Å². The molecule has 72 valence electrons. The summed E-state index contributed by atoms with van der Waals surface area (Å²) >= 11 is 3.23. The Balaban J connectivity index is 3.08. The Morgan fingerprint density at radius 1 is 1.46 bits per heavy atom. The Morgan fingerprint density at radius 2 is 2.08 bits per heavy atom. The van der Waals surface area contributed by atoms with Crippen molar-refractivity contribution in [2.75, 3.05) is 4.72 Å². The van der Waals surface area contributed by atoms with Gasteiger partial charge in [-0.25, -0.2) is 5.14 Å². The number of hydrogen-bond donors (Lipinski definition) is 2. The van der Waals surface area contributed by atoms with Crippen molar-refractivity contribution in [3.63, 3.8) is 0 Å². The van der Waals surface area contributed by atoms with Gasteiger partial charge < -0.3 is 0 Å². The normalized spacial score (nSPS) is 11.3. The molecule has 0 aliphatic heterocycles. The van der Waals surface area contributed by atoms with Gasteiger partial charge in [-0.05, 0) is 24.6 Å². The number of nitrogens with one attached hydrogen (secondary N) is 1. The SMILES string of the molecule is Cc1ccc(Br)cc1NS(N)(=O)=O. The first kappa shape index (κ1) is 10.5. The zero-order valence-corrected chi connectivity index (χ0v) is 9.31. The molecule has 3 N–H and O–H groups in total. The number of rotatable bonds is 2. The smallest absolute Gasteiger partial charge is 0.271 e. The summed E-state index contributed by atoms with van der Waals surface area (Å²) in [7, 11) is -3.69. The van der Waals surface area contributed by atoms with Crippen LogP contribution in [0.4, 0.5) is 5.69 Å². The Labute approximate surface area is 85.4 Å². The molecule has 0 fully saturated rings. The third-order valence-electron chi connectivity index (χ3n) is 1.45. The zero-order valence-electron chi connectivity index (χ0n) is 6.91. The van der Waals surface area contributed by atoms with E-state index in [9.17, 15) is 8.42 Å². The van der Waals surface area contributed by atoms with Crippen LogP contribution in [0.25, 0.3) is 0 Å². The standard InChI is InChI=1S/C7H9BrN2O2S/c1-5-2-3-6(8)4-7(5)10-13(9,11)12/h2-4,10H,1H3,(H2,9,11,12). The van der Waals surface area contributed by atoms with Crippen molar-refractivity contribution >= 4 is 31.8 Å². The zero-order chi connectivity index (χ0) is 10.1. The number of nitrogens with two attached hydrogens (primary N) is 1. The maximum Gasteiger partial charge on any atom is 0.296 e. The van der Waals surface area contributed by atoms with Crippen molar-refractivity contribution in [3.05, 3.63) is 28.2 Å². The van der Waals surface area contributed by atoms with Crippen LogP contribution in [0.1, 0.15) is 5.56 Å². The molecule has 6 heteroatoms. The Bertz CT molecular complexity index is 417. The van der Waals surface area contributed by atoms with Gasteiger partial charge in [-0.1, -0.05) is 22.0 Å². The Kier molecular flexibility index (Phi) is 2.94. The lowest BCUT2D eigenvalue weighted by molar-refractivity contribution is 0.603. The van der Waals surface area contributed by atoms with Crippen LogP contribution in [0.15, 0.2) is 22.7 Å². The minimum atomic E-state index is -3.69. The summed E-state index contributed by atoms with van der Waals surface area (Å²) in [5, 5.41) is 4.83. The van der Waals surface area contributed by atoms with Gasteiger partial charge >= 0.3 is 0 Å². The molecule has 13 heavy (non-hydrogen) atoms. The Hall–Kier alpha value is -0.590. The molecular weight excluding hydrogens is 256 g/mol. The molecule has 1 aromatic rings. The van der Waals surface area contributed by atoms with Crippen molar-refractivity contribution in [3.8, 4) is 0 Å². The summed E-state index contributed by atoms with van der Waals surface area (Å²) in [6, 6.07) is 5.26. The highest BCUT2D eigenvalue weighted by atomic mass is 79.9. The van der Waals surface area contributed by atoms with Crippen molar-refractivity contribution in [2.24, 2.45) is 5.14 Å². The van der Waals surface area contributed by atoms with Gasteiger partial charge in [0, 0.05) is 4.47 Å². The monoisotopic (exact) mass is 264 g/mol. The van der Waals surface area contributed by atoms with E-state index in [1.807, 2.05) is 6.07 Å². The second-order valence-electron chi connectivity index (χ2n) is 2.61. The molecule has 4 nitrogen and oxygen atoms in total. The largest absolute Gasteiger partial charge is 0.296 e. The summed E-state index contributed by atoms with van der Waals surface area (Å²) in [5.74, 6) is 0. The minimum absolute atomic E-state index is 0.483. The van der Waals surface area contributed by atoms with Gasteiger partial charge in [0.2, 0.25) is 0 Å². The second kappa shape index (κ2) is 3.65. The fourth-order valence-electron chi connectivity index (χ4n) is 0.857. The van der Waals surface area contributed by atoms with Gasteiger partial charge in [-0.3, -0.25) is 4.72 Å². The van der Waals surface area contributed by atoms with Crippen LogP contribution in [0, 0.1) is 6.92 Å². The molecule has 0 amide bonds. The maximum atomic E-state index is 10.7. The quantitative estimate of drug-likeness (QED) is 0.847. The molecule has 0 aliphatic rings. The number of halogens is 1. The molecule has 0 aliphatic carbocycles. The van der Waals surface area contributed by atoms with Gasteiger partial charge in [-0.2, -0.15) is 8.42 Å². The van der Waals surface area contributed by atoms with Crippen molar-refractivity contribution in [2.45, 2.75) is 6.92 Å². The molecular formula is C7H9BrN2O2S. The summed E-state index contributed by atoms with van der Waals surface area (Å²) in [6.45, 7) is 1.79. The van der Waals surface area contributed by atoms with Crippen molar-refractivity contribution in [1.82, 2.24) is 0 Å². The third kappa shape index (κ3) is 3.33. The summed E-state index contributed by atoms with van der Waals surface area (Å²) in [4.78, 5) is 0. The lowest BCUT2D eigenvalue weighted by atomic mass is 10.2. The average molecular weight is 265 g/mol. The summed E-state index contributed by atoms with van der Waals surface area (Å²) in [5.41, 5.74) is 1.30. The predicted octanol–water partition coefficient (Wildman–Crippen LogP) is 1.37. The summed E-state index contributed by atoms with van der Waals surface area (Å²) in [6.07, 6.45) is 0. The van der Waals surface area contributed by atoms with Crippen molar-refractivity contribution in [1.29, 1.82) is 0 Å². The van der Waals surface area contributed by atoms with E-state index in [0.717, 1.165) is 10.0 Å². The molecule has 0 bridgehead atoms. The van der Waals surface area contributed by atoms with Crippen LogP contribution in [0.2, 0.25) is 0 Å². The first-order valence-corrected chi connectivity index (χ1v) is 5.79. The molecule has 0 spiro atoms. The third-order valence-corrected chi connectivity index (χ3v) is 2.45. The van der Waals surface area contributed by atoms with Crippen LogP contribution in [-0.4, -0.2) is 8.42 Å². The summed E-state index contributed by atoms with van der Waals surface area (Å²) < 4.78 is 24.4. The lowest BCUT2D eigenvalue weighted by Gasteiger charge is -2.06. The fourth-order valence-corrected chi connectivity index (χ4v) is 1.74. The Morgan fingerprint density at radius 3 is 2.62 bits per heavy atom. The molecule has 0 radical (unpaired) electrons. The maximum absolute atomic E-state index is 10.7. The van der Waals surface area contributed by atoms with Crippen LogP contribution in [-0.2, 0) is 10.2 Å². The molecule has 1 rings (SSSR count). The van der Waals surface area contributed by atoms with Crippen LogP contribution < -0.4 is 9.86 Å². The highest BCUT2D eigenvalue weighted by Gasteiger charge is 2.04. The molecule has 0 saturated heterocycles. The van der Waals surface area contributed by atoms with E-state index in [1.54, 1.807) is 19.1 Å². The van der Waals surface area contributed by atoms with E-state index in [2.05, 4.69) is 20.7 Å². The topological polar surface area (TPSA) is 72.2 Å². The van der Waals surface area contributed by atoms with E-state index in [0.29, 0.717) is 5.69 Å². The van der Waals surface area contributed by atoms with Crippen LogP contribution >= 0.6 is 15.9 Å². The predicted molar refractivity (Wildman–Crippen MR) is 55.6 cm³/mol. The van der Waals surface area contributed by atoms with Crippen molar-refractivity contribution < 1.29 is 8.42 Å². The van der Waals surface area contributed by atoms with Gasteiger partial charge in [0.1, 0.15) is 0 Å². The van der Waals surface area contributed by atoms with E-state index in [-0.39, 0.29) is 0 Å². The fraction of sp³-hybridized carbons (Fsp3) is 0.143. The van der Waals surface area contributed by atoms with Crippen LogP contribution in [0.3, 0.4) is 0 Å². The van der Waals surface area contributed by atoms with E-state index < -0.39 is 10.2 Å². The number of aryl methyl sites for hydroxylation is 1. The second-order valence-corrected chi connectivity index (χ2v) is 4.82. The van der Waals surface area contributed by atoms with Crippen LogP contribution in [0.5, 0.6) is 0 Å². The number of benzene rings is 1. The highest BCUT2D eigenvalue weighted by Crippen LogP contribution is 2.20. The molecule has 0 unspecified atom stereocenters.